The lowest BCUT2D eigenvalue weighted by atomic mass is 9.41. The van der Waals surface area contributed by atoms with Crippen LogP contribution in [0, 0.1) is 0 Å². The van der Waals surface area contributed by atoms with Crippen LogP contribution in [0.2, 0.25) is 19.0 Å². The largest absolute Gasteiger partial charge is 0.139 e. The number of hydrogen-bond donors (Lipinski definition) is 0. The molecular formula is C12H27B. The van der Waals surface area contributed by atoms with E-state index >= 15 is 0 Å². The van der Waals surface area contributed by atoms with Crippen LogP contribution < -0.4 is 0 Å². The number of unbranched alkanes of at least 4 members (excludes halogenated alkanes) is 3. The molecule has 0 aromatic carbocycles. The minimum absolute atomic E-state index is 0.619. The molecule has 0 aromatic heterocycles. The van der Waals surface area contributed by atoms with Gasteiger partial charge in [0.1, 0.15) is 6.71 Å². The molecule has 0 fully saturated rings. The summed E-state index contributed by atoms with van der Waals surface area (Å²) in [6, 6.07) is 0. The van der Waals surface area contributed by atoms with Gasteiger partial charge >= 0.3 is 0 Å². The van der Waals surface area contributed by atoms with Gasteiger partial charge in [-0.3, -0.25) is 0 Å². The summed E-state index contributed by atoms with van der Waals surface area (Å²) in [6.45, 7) is 6.14. The van der Waals surface area contributed by atoms with E-state index in [0.717, 1.165) is 13.1 Å². The van der Waals surface area contributed by atoms with Crippen LogP contribution in [0.25, 0.3) is 0 Å². The molecule has 0 aliphatic rings. The van der Waals surface area contributed by atoms with Crippen LogP contribution >= 0.6 is 0 Å². The molecule has 0 spiro atoms. The predicted octanol–water partition coefficient (Wildman–Crippen LogP) is 4.88. The van der Waals surface area contributed by atoms with Gasteiger partial charge in [-0.2, -0.15) is 0 Å². The Morgan fingerprint density at radius 3 is 1.69 bits per heavy atom. The van der Waals surface area contributed by atoms with Crippen molar-refractivity contribution >= 4 is 6.71 Å². The third-order valence-electron chi connectivity index (χ3n) is 2.79. The summed E-state index contributed by atoms with van der Waals surface area (Å²) in [7, 11) is 0. The maximum atomic E-state index is 7.12. The van der Waals surface area contributed by atoms with Gasteiger partial charge in [0.2, 0.25) is 0 Å². The standard InChI is InChI=1S/C12H27B/c1-4-7-10-13(11-8-5-2)12-9-6-3/h4-12H2,1-3H3/i1D. The molecule has 78 valence electrons. The zero-order valence-electron chi connectivity index (χ0n) is 10.6. The Kier molecular flexibility index (Phi) is 8.70. The predicted molar refractivity (Wildman–Crippen MR) is 64.9 cm³/mol. The fourth-order valence-electron chi connectivity index (χ4n) is 1.85. The summed E-state index contributed by atoms with van der Waals surface area (Å²) in [5, 5.41) is 0. The average Bonchev–Trinajstić information content (AvgIpc) is 2.21. The lowest BCUT2D eigenvalue weighted by Gasteiger charge is -2.11. The van der Waals surface area contributed by atoms with Crippen LogP contribution in [0.1, 0.15) is 60.6 Å². The molecular weight excluding hydrogens is 155 g/mol. The van der Waals surface area contributed by atoms with Gasteiger partial charge in [0, 0.05) is 1.37 Å². The first-order valence-corrected chi connectivity index (χ1v) is 6.14. The molecule has 0 heterocycles. The van der Waals surface area contributed by atoms with Crippen molar-refractivity contribution in [1.82, 2.24) is 0 Å². The van der Waals surface area contributed by atoms with Crippen LogP contribution in [0.4, 0.5) is 0 Å². The summed E-state index contributed by atoms with van der Waals surface area (Å²) in [5.41, 5.74) is 0. The van der Waals surface area contributed by atoms with E-state index in [1.54, 1.807) is 0 Å². The van der Waals surface area contributed by atoms with Crippen LogP contribution in [0.15, 0.2) is 0 Å². The van der Waals surface area contributed by atoms with Crippen molar-refractivity contribution in [1.29, 1.82) is 0 Å². The van der Waals surface area contributed by atoms with Gasteiger partial charge in [-0.05, 0) is 0 Å². The van der Waals surface area contributed by atoms with Crippen LogP contribution in [-0.2, 0) is 0 Å². The number of hydrogen-bond acceptors (Lipinski definition) is 0. The van der Waals surface area contributed by atoms with Crippen molar-refractivity contribution in [2.45, 2.75) is 78.2 Å². The van der Waals surface area contributed by atoms with E-state index in [4.69, 9.17) is 1.37 Å². The maximum Gasteiger partial charge on any atom is 0.139 e. The molecule has 1 heteroatoms. The zero-order chi connectivity index (χ0) is 10.6. The highest BCUT2D eigenvalue weighted by Crippen LogP contribution is 2.16. The fourth-order valence-corrected chi connectivity index (χ4v) is 1.85. The van der Waals surface area contributed by atoms with E-state index in [0.29, 0.717) is 6.90 Å². The fraction of sp³-hybridized carbons (Fsp3) is 1.00. The molecule has 0 unspecified atom stereocenters. The average molecular weight is 183 g/mol. The summed E-state index contributed by atoms with van der Waals surface area (Å²) in [4.78, 5) is 0. The highest BCUT2D eigenvalue weighted by Gasteiger charge is 2.10. The minimum atomic E-state index is 0.619. The SMILES string of the molecule is [2H]CCCCB(CCCC)CCCC. The number of rotatable bonds is 9. The van der Waals surface area contributed by atoms with Crippen molar-refractivity contribution in [3.05, 3.63) is 0 Å². The van der Waals surface area contributed by atoms with Gasteiger partial charge in [-0.1, -0.05) is 78.2 Å². The smallest absolute Gasteiger partial charge is 0.0742 e. The summed E-state index contributed by atoms with van der Waals surface area (Å²) in [6.07, 6.45) is 12.1. The summed E-state index contributed by atoms with van der Waals surface area (Å²) in [5.74, 6) is 0. The van der Waals surface area contributed by atoms with E-state index in [-0.39, 0.29) is 0 Å². The van der Waals surface area contributed by atoms with E-state index in [9.17, 15) is 0 Å². The van der Waals surface area contributed by atoms with Crippen molar-refractivity contribution in [3.8, 4) is 0 Å². The molecule has 0 amide bonds. The molecule has 13 heavy (non-hydrogen) atoms. The van der Waals surface area contributed by atoms with Crippen molar-refractivity contribution in [2.75, 3.05) is 0 Å². The third kappa shape index (κ3) is 8.40. The molecule has 0 saturated heterocycles. The Hall–Kier alpha value is 0.0649. The van der Waals surface area contributed by atoms with Gasteiger partial charge < -0.3 is 0 Å². The van der Waals surface area contributed by atoms with Gasteiger partial charge in [-0.25, -0.2) is 0 Å². The van der Waals surface area contributed by atoms with E-state index in [2.05, 4.69) is 13.8 Å². The lowest BCUT2D eigenvalue weighted by molar-refractivity contribution is 0.812. The van der Waals surface area contributed by atoms with Crippen molar-refractivity contribution in [3.63, 3.8) is 0 Å². The topological polar surface area (TPSA) is 0 Å². The first kappa shape index (κ1) is 11.1. The summed E-state index contributed by atoms with van der Waals surface area (Å²) < 4.78 is 7.12. The van der Waals surface area contributed by atoms with E-state index in [1.807, 2.05) is 0 Å². The third-order valence-corrected chi connectivity index (χ3v) is 2.79. The monoisotopic (exact) mass is 183 g/mol. The lowest BCUT2D eigenvalue weighted by Crippen LogP contribution is -2.11. The van der Waals surface area contributed by atoms with Crippen molar-refractivity contribution in [2.24, 2.45) is 0 Å². The second kappa shape index (κ2) is 10.1. The van der Waals surface area contributed by atoms with Gasteiger partial charge in [-0.15, -0.1) is 0 Å². The maximum absolute atomic E-state index is 7.12. The van der Waals surface area contributed by atoms with Gasteiger partial charge in [0.05, 0.1) is 0 Å². The van der Waals surface area contributed by atoms with Crippen molar-refractivity contribution < 1.29 is 1.37 Å². The van der Waals surface area contributed by atoms with Gasteiger partial charge in [0.15, 0.2) is 0 Å². The Morgan fingerprint density at radius 2 is 1.31 bits per heavy atom. The molecule has 0 aromatic rings. The Bertz CT molecular complexity index is 98.5. The molecule has 0 bridgehead atoms. The van der Waals surface area contributed by atoms with Crippen LogP contribution in [0.5, 0.6) is 0 Å². The summed E-state index contributed by atoms with van der Waals surface area (Å²) >= 11 is 0. The first-order chi connectivity index (χ1) is 6.85. The molecule has 0 rings (SSSR count). The van der Waals surface area contributed by atoms with E-state index < -0.39 is 0 Å². The second-order valence-electron chi connectivity index (χ2n) is 4.15. The Balaban J connectivity index is 3.49. The molecule has 0 saturated carbocycles. The van der Waals surface area contributed by atoms with E-state index in [1.165, 1.54) is 51.1 Å². The van der Waals surface area contributed by atoms with Crippen LogP contribution in [-0.4, -0.2) is 6.71 Å². The highest BCUT2D eigenvalue weighted by atomic mass is 13.9. The van der Waals surface area contributed by atoms with Crippen LogP contribution in [0.3, 0.4) is 0 Å². The minimum Gasteiger partial charge on any atom is -0.0742 e. The Labute approximate surface area is 87.0 Å². The van der Waals surface area contributed by atoms with Gasteiger partial charge in [0.25, 0.3) is 0 Å². The second-order valence-corrected chi connectivity index (χ2v) is 4.15. The highest BCUT2D eigenvalue weighted by molar-refractivity contribution is 6.58. The molecule has 0 radical (unpaired) electrons. The molecule has 0 atom stereocenters. The zero-order valence-corrected chi connectivity index (χ0v) is 9.65. The molecule has 0 nitrogen and oxygen atoms in total. The first-order valence-electron chi connectivity index (χ1n) is 6.85. The molecule has 0 N–H and O–H groups in total. The molecule has 0 aliphatic carbocycles. The quantitative estimate of drug-likeness (QED) is 0.353. The normalized spacial score (nSPS) is 11.4. The Morgan fingerprint density at radius 1 is 0.846 bits per heavy atom. The molecule has 0 aliphatic heterocycles.